The predicted molar refractivity (Wildman–Crippen MR) is 177 cm³/mol. The van der Waals surface area contributed by atoms with Crippen LogP contribution in [-0.4, -0.2) is 155 Å². The minimum atomic E-state index is -2.03. The second kappa shape index (κ2) is 18.2. The van der Waals surface area contributed by atoms with Gasteiger partial charge in [0.2, 0.25) is 23.6 Å². The summed E-state index contributed by atoms with van der Waals surface area (Å²) in [6.45, 7) is 6.74. The van der Waals surface area contributed by atoms with Crippen molar-refractivity contribution in [1.29, 1.82) is 0 Å². The number of ether oxygens (including phenoxy) is 1. The Morgan fingerprint density at radius 3 is 2.16 bits per heavy atom. The normalized spacial score (nSPS) is 26.4. The first-order chi connectivity index (χ1) is 24.0. The van der Waals surface area contributed by atoms with Gasteiger partial charge in [0.25, 0.3) is 0 Å². The van der Waals surface area contributed by atoms with Gasteiger partial charge in [-0.2, -0.15) is 0 Å². The summed E-state index contributed by atoms with van der Waals surface area (Å²) in [5.74, 6) is -5.04. The number of aromatic nitrogens is 2. The highest BCUT2D eigenvalue weighted by molar-refractivity contribution is 5.96. The van der Waals surface area contributed by atoms with Crippen LogP contribution in [0.5, 0.6) is 0 Å². The van der Waals surface area contributed by atoms with Crippen LogP contribution in [0.2, 0.25) is 0 Å². The van der Waals surface area contributed by atoms with Crippen LogP contribution in [0.1, 0.15) is 59.6 Å². The summed E-state index contributed by atoms with van der Waals surface area (Å²) >= 11 is 0. The number of aliphatic carboxylic acids is 1. The zero-order chi connectivity index (χ0) is 38.2. The molecule has 3 rings (SSSR count). The predicted octanol–water partition coefficient (Wildman–Crippen LogP) is -3.68. The van der Waals surface area contributed by atoms with Gasteiger partial charge in [0.05, 0.1) is 31.7 Å². The van der Waals surface area contributed by atoms with Gasteiger partial charge < -0.3 is 61.2 Å². The van der Waals surface area contributed by atoms with E-state index in [1.54, 1.807) is 27.7 Å². The van der Waals surface area contributed by atoms with Gasteiger partial charge >= 0.3 is 5.97 Å². The van der Waals surface area contributed by atoms with E-state index >= 15 is 0 Å². The zero-order valence-electron chi connectivity index (χ0n) is 29.5. The summed E-state index contributed by atoms with van der Waals surface area (Å²) in [6, 6.07) is -6.40. The molecular weight excluding hydrogens is 674 g/mol. The molecule has 288 valence electrons. The Bertz CT molecular complexity index is 1350. The van der Waals surface area contributed by atoms with Crippen LogP contribution in [-0.2, 0) is 35.1 Å². The molecule has 1 aromatic heterocycles. The van der Waals surface area contributed by atoms with Crippen molar-refractivity contribution in [2.45, 2.75) is 121 Å². The highest BCUT2D eigenvalue weighted by Crippen LogP contribution is 2.30. The van der Waals surface area contributed by atoms with Crippen molar-refractivity contribution in [3.05, 3.63) is 18.2 Å². The van der Waals surface area contributed by atoms with Crippen LogP contribution in [0.25, 0.3) is 0 Å². The Labute approximate surface area is 295 Å². The number of aliphatic hydroxyl groups excluding tert-OH is 5. The maximum absolute atomic E-state index is 13.9. The number of nitrogens with zero attached hydrogens (tertiary/aromatic N) is 2. The molecule has 0 spiro atoms. The Morgan fingerprint density at radius 1 is 1.00 bits per heavy atom. The minimum Gasteiger partial charge on any atom is -0.480 e. The third-order valence-electron chi connectivity index (χ3n) is 9.13. The number of carbonyl (C=O) groups is 5. The molecule has 2 saturated heterocycles. The molecule has 51 heavy (non-hydrogen) atoms. The van der Waals surface area contributed by atoms with E-state index in [4.69, 9.17) is 4.74 Å². The molecule has 0 aliphatic carbocycles. The number of hydrogen-bond acceptors (Lipinski definition) is 13. The number of carboxylic acid groups (broad SMARTS) is 1. The zero-order valence-corrected chi connectivity index (χ0v) is 29.5. The molecule has 0 radical (unpaired) electrons. The summed E-state index contributed by atoms with van der Waals surface area (Å²) in [7, 11) is 0. The van der Waals surface area contributed by atoms with E-state index in [-0.39, 0.29) is 31.7 Å². The number of carbonyl (C=O) groups excluding carboxylic acids is 4. The second-order valence-electron chi connectivity index (χ2n) is 14.0. The highest BCUT2D eigenvalue weighted by atomic mass is 16.6. The van der Waals surface area contributed by atoms with Crippen molar-refractivity contribution in [2.75, 3.05) is 19.8 Å². The van der Waals surface area contributed by atoms with E-state index in [0.717, 1.165) is 4.90 Å². The van der Waals surface area contributed by atoms with Crippen LogP contribution >= 0.6 is 0 Å². The van der Waals surface area contributed by atoms with Crippen LogP contribution in [0.3, 0.4) is 0 Å². The van der Waals surface area contributed by atoms with Crippen LogP contribution < -0.4 is 21.3 Å². The molecule has 3 heterocycles. The lowest BCUT2D eigenvalue weighted by Gasteiger charge is -2.36. The number of aromatic amines is 1. The third kappa shape index (κ3) is 10.2. The van der Waals surface area contributed by atoms with Crippen LogP contribution in [0, 0.1) is 11.8 Å². The van der Waals surface area contributed by atoms with Gasteiger partial charge in [-0.1, -0.05) is 27.7 Å². The Kier molecular flexibility index (Phi) is 14.8. The van der Waals surface area contributed by atoms with Gasteiger partial charge in [-0.3, -0.25) is 24.5 Å². The van der Waals surface area contributed by atoms with Gasteiger partial charge in [0.1, 0.15) is 42.5 Å². The number of H-pyrrole nitrogens is 1. The number of rotatable bonds is 18. The average Bonchev–Trinajstić information content (AvgIpc) is 3.82. The SMILES string of the molecule is CC(C)C[C@H](NC(=O)[C@H](Cc1cnc[nH]1)NC(=O)[C@@H](N[C@@]1(CO)O[C@H](CO)[C@@H](O)[C@@H]1O)C(C)C)C(=O)N[C@H](C(=O)N1CCC[C@H]1C(=O)O)[C@@H](C)O. The molecular formula is C32H53N7O12. The van der Waals surface area contributed by atoms with E-state index in [2.05, 4.69) is 31.2 Å². The number of nitrogens with one attached hydrogen (secondary N) is 5. The molecule has 19 nitrogen and oxygen atoms in total. The fourth-order valence-corrected chi connectivity index (χ4v) is 6.30. The molecule has 11 N–H and O–H groups in total. The van der Waals surface area contributed by atoms with Crippen molar-refractivity contribution in [1.82, 2.24) is 36.1 Å². The van der Waals surface area contributed by atoms with Gasteiger partial charge in [-0.05, 0) is 38.0 Å². The van der Waals surface area contributed by atoms with Crippen molar-refractivity contribution >= 4 is 29.6 Å². The molecule has 4 amide bonds. The number of hydrogen-bond donors (Lipinski definition) is 11. The molecule has 2 aliphatic heterocycles. The first-order valence-corrected chi connectivity index (χ1v) is 17.1. The first-order valence-electron chi connectivity index (χ1n) is 17.1. The maximum atomic E-state index is 13.9. The molecule has 1 aromatic rings. The standard InChI is InChI=1S/C32H53N7O12/c1-15(2)9-19(28(46)37-24(17(5)42)30(48)39-8-6-7-21(39)31(49)50)35-27(45)20(10-18-11-33-14-34-18)36-29(47)23(16(3)4)38-32(13-41)26(44)25(43)22(12-40)51-32/h11,14-17,19-26,38,40-44H,6-10,12-13H2,1-5H3,(H,33,34)(H,35,45)(H,36,47)(H,37,46)(H,49,50)/t17-,19+,20+,21+,22-,23+,24+,25-,26+,32+/m1/s1. The van der Waals surface area contributed by atoms with Crippen molar-refractivity contribution in [3.63, 3.8) is 0 Å². The lowest BCUT2D eigenvalue weighted by atomic mass is 9.97. The fraction of sp³-hybridized carbons (Fsp3) is 0.750. The molecule has 2 aliphatic rings. The van der Waals surface area contributed by atoms with Gasteiger partial charge in [0, 0.05) is 24.9 Å². The Hall–Kier alpha value is -3.72. The molecule has 0 bridgehead atoms. The van der Waals surface area contributed by atoms with Crippen molar-refractivity contribution in [3.8, 4) is 0 Å². The lowest BCUT2D eigenvalue weighted by molar-refractivity contribution is -0.153. The molecule has 0 unspecified atom stereocenters. The van der Waals surface area contributed by atoms with E-state index in [9.17, 15) is 54.6 Å². The lowest BCUT2D eigenvalue weighted by Crippen LogP contribution is -2.66. The summed E-state index contributed by atoms with van der Waals surface area (Å²) in [4.78, 5) is 74.3. The highest BCUT2D eigenvalue weighted by Gasteiger charge is 2.55. The van der Waals surface area contributed by atoms with Gasteiger partial charge in [0.15, 0.2) is 5.72 Å². The van der Waals surface area contributed by atoms with Crippen molar-refractivity contribution in [2.24, 2.45) is 11.8 Å². The monoisotopic (exact) mass is 727 g/mol. The molecule has 0 aromatic carbocycles. The summed E-state index contributed by atoms with van der Waals surface area (Å²) in [5, 5.41) is 71.3. The average molecular weight is 728 g/mol. The largest absolute Gasteiger partial charge is 0.480 e. The van der Waals surface area contributed by atoms with Gasteiger partial charge in [-0.25, -0.2) is 9.78 Å². The third-order valence-corrected chi connectivity index (χ3v) is 9.13. The number of imidazole rings is 1. The topological polar surface area (TPSA) is 296 Å². The first kappa shape index (κ1) is 41.7. The van der Waals surface area contributed by atoms with Crippen molar-refractivity contribution < 1.29 is 59.3 Å². The quantitative estimate of drug-likeness (QED) is 0.0695. The summed E-state index contributed by atoms with van der Waals surface area (Å²) < 4.78 is 5.57. The molecule has 2 fully saturated rings. The van der Waals surface area contributed by atoms with E-state index in [0.29, 0.717) is 12.1 Å². The Morgan fingerprint density at radius 2 is 1.65 bits per heavy atom. The van der Waals surface area contributed by atoms with Gasteiger partial charge in [-0.15, -0.1) is 0 Å². The molecule has 19 heteroatoms. The van der Waals surface area contributed by atoms with E-state index in [1.807, 2.05) is 0 Å². The smallest absolute Gasteiger partial charge is 0.326 e. The second-order valence-corrected chi connectivity index (χ2v) is 14.0. The van der Waals surface area contributed by atoms with Crippen LogP contribution in [0.15, 0.2) is 12.5 Å². The van der Waals surface area contributed by atoms with E-state index < -0.39 is 109 Å². The fourth-order valence-electron chi connectivity index (χ4n) is 6.30. The number of amides is 4. The summed E-state index contributed by atoms with van der Waals surface area (Å²) in [5.41, 5.74) is -1.58. The molecule has 10 atom stereocenters. The minimum absolute atomic E-state index is 0.0866. The van der Waals surface area contributed by atoms with Crippen LogP contribution in [0.4, 0.5) is 0 Å². The Balaban J connectivity index is 1.84. The van der Waals surface area contributed by atoms with E-state index in [1.165, 1.54) is 19.4 Å². The summed E-state index contributed by atoms with van der Waals surface area (Å²) in [6.07, 6.45) is -2.53. The number of carboxylic acids is 1. The molecule has 0 saturated carbocycles. The number of likely N-dealkylation sites (tertiary alicyclic amines) is 1. The number of aliphatic hydroxyl groups is 5. The maximum Gasteiger partial charge on any atom is 0.326 e.